The molecule has 4 nitrogen and oxygen atoms in total. The first-order valence-corrected chi connectivity index (χ1v) is 6.16. The molecule has 1 heterocycles. The Morgan fingerprint density at radius 1 is 1.29 bits per heavy atom. The predicted octanol–water partition coefficient (Wildman–Crippen LogP) is 2.22. The van der Waals surface area contributed by atoms with Gasteiger partial charge in [-0.1, -0.05) is 25.9 Å². The van der Waals surface area contributed by atoms with Crippen LogP contribution in [-0.2, 0) is 14.4 Å². The lowest BCUT2D eigenvalue weighted by molar-refractivity contribution is -0.125. The second kappa shape index (κ2) is 5.94. The van der Waals surface area contributed by atoms with Crippen molar-refractivity contribution >= 4 is 17.3 Å². The molecule has 3 unspecified atom stereocenters. The molecular weight excluding hydrogens is 218 g/mol. The fourth-order valence-electron chi connectivity index (χ4n) is 2.02. The van der Waals surface area contributed by atoms with Gasteiger partial charge in [-0.05, 0) is 13.3 Å². The molecule has 4 heteroatoms. The van der Waals surface area contributed by atoms with Crippen LogP contribution in [0.2, 0.25) is 0 Å². The van der Waals surface area contributed by atoms with Gasteiger partial charge in [0.15, 0.2) is 0 Å². The number of Topliss-reactive ketones (excluding diaryl/α,β-unsaturated/α-hetero) is 2. The molecule has 0 aliphatic carbocycles. The number of carbonyl (C=O) groups is 2. The standard InChI is InChI=1S/C13H21NO3/c1-8(11(4)15)7-9(2)13(16)10(3)12-5-6-17-14-12/h8-10H,5-7H2,1-4H3. The highest BCUT2D eigenvalue weighted by Crippen LogP contribution is 2.20. The molecular formula is C13H21NO3. The highest BCUT2D eigenvalue weighted by Gasteiger charge is 2.28. The van der Waals surface area contributed by atoms with Crippen LogP contribution >= 0.6 is 0 Å². The summed E-state index contributed by atoms with van der Waals surface area (Å²) in [6.45, 7) is 7.76. The molecule has 0 N–H and O–H groups in total. The number of rotatable bonds is 6. The lowest BCUT2D eigenvalue weighted by Crippen LogP contribution is -2.27. The molecule has 0 fully saturated rings. The first-order valence-electron chi connectivity index (χ1n) is 6.16. The van der Waals surface area contributed by atoms with Crippen molar-refractivity contribution in [3.8, 4) is 0 Å². The van der Waals surface area contributed by atoms with Gasteiger partial charge in [-0.3, -0.25) is 9.59 Å². The molecule has 0 radical (unpaired) electrons. The SMILES string of the molecule is CC(=O)C(C)CC(C)C(=O)C(C)C1=NOCC1. The summed E-state index contributed by atoms with van der Waals surface area (Å²) in [5.74, 6) is -0.0528. The van der Waals surface area contributed by atoms with Gasteiger partial charge in [0.2, 0.25) is 0 Å². The van der Waals surface area contributed by atoms with Crippen molar-refractivity contribution in [3.05, 3.63) is 0 Å². The summed E-state index contributed by atoms with van der Waals surface area (Å²) in [7, 11) is 0. The fraction of sp³-hybridized carbons (Fsp3) is 0.769. The molecule has 17 heavy (non-hydrogen) atoms. The van der Waals surface area contributed by atoms with Crippen molar-refractivity contribution in [2.24, 2.45) is 22.9 Å². The normalized spacial score (nSPS) is 20.1. The van der Waals surface area contributed by atoms with Gasteiger partial charge in [-0.25, -0.2) is 0 Å². The lowest BCUT2D eigenvalue weighted by atomic mass is 9.85. The Kier molecular flexibility index (Phi) is 4.85. The number of nitrogens with zero attached hydrogens (tertiary/aromatic N) is 1. The van der Waals surface area contributed by atoms with E-state index in [0.717, 1.165) is 12.1 Å². The average Bonchev–Trinajstić information content (AvgIpc) is 2.80. The average molecular weight is 239 g/mol. The second-order valence-electron chi connectivity index (χ2n) is 4.94. The van der Waals surface area contributed by atoms with Crippen LogP contribution in [0.4, 0.5) is 0 Å². The summed E-state index contributed by atoms with van der Waals surface area (Å²) >= 11 is 0. The van der Waals surface area contributed by atoms with Crippen LogP contribution in [0.15, 0.2) is 5.16 Å². The van der Waals surface area contributed by atoms with E-state index in [9.17, 15) is 9.59 Å². The first kappa shape index (κ1) is 13.9. The first-order chi connectivity index (χ1) is 7.93. The molecule has 0 bridgehead atoms. The Morgan fingerprint density at radius 2 is 1.94 bits per heavy atom. The molecule has 96 valence electrons. The van der Waals surface area contributed by atoms with E-state index in [-0.39, 0.29) is 29.3 Å². The maximum Gasteiger partial charge on any atom is 0.144 e. The van der Waals surface area contributed by atoms with Crippen LogP contribution in [0, 0.1) is 17.8 Å². The van der Waals surface area contributed by atoms with Gasteiger partial charge in [-0.15, -0.1) is 0 Å². The van der Waals surface area contributed by atoms with Gasteiger partial charge in [0.1, 0.15) is 18.2 Å². The van der Waals surface area contributed by atoms with Crippen LogP contribution in [0.5, 0.6) is 0 Å². The zero-order valence-corrected chi connectivity index (χ0v) is 11.0. The van der Waals surface area contributed by atoms with Crippen molar-refractivity contribution < 1.29 is 14.4 Å². The van der Waals surface area contributed by atoms with Crippen molar-refractivity contribution in [3.63, 3.8) is 0 Å². The minimum absolute atomic E-state index is 0.0529. The third-order valence-electron chi connectivity index (χ3n) is 3.44. The Balaban J connectivity index is 2.54. The van der Waals surface area contributed by atoms with Crippen LogP contribution in [0.1, 0.15) is 40.5 Å². The summed E-state index contributed by atoms with van der Waals surface area (Å²) in [5, 5.41) is 3.88. The second-order valence-corrected chi connectivity index (χ2v) is 4.94. The summed E-state index contributed by atoms with van der Waals surface area (Å²) in [6.07, 6.45) is 1.36. The molecule has 0 saturated carbocycles. The summed E-state index contributed by atoms with van der Waals surface area (Å²) in [4.78, 5) is 28.2. The van der Waals surface area contributed by atoms with Crippen LogP contribution in [-0.4, -0.2) is 23.9 Å². The van der Waals surface area contributed by atoms with E-state index < -0.39 is 0 Å². The van der Waals surface area contributed by atoms with Gasteiger partial charge < -0.3 is 4.84 Å². The Hall–Kier alpha value is -1.19. The smallest absolute Gasteiger partial charge is 0.144 e. The topological polar surface area (TPSA) is 55.7 Å². The van der Waals surface area contributed by atoms with Gasteiger partial charge >= 0.3 is 0 Å². The van der Waals surface area contributed by atoms with Crippen LogP contribution in [0.3, 0.4) is 0 Å². The van der Waals surface area contributed by atoms with E-state index in [1.54, 1.807) is 6.92 Å². The molecule has 0 amide bonds. The van der Waals surface area contributed by atoms with Crippen LogP contribution < -0.4 is 0 Å². The van der Waals surface area contributed by atoms with Gasteiger partial charge in [0.05, 0.1) is 11.6 Å². The lowest BCUT2D eigenvalue weighted by Gasteiger charge is -2.17. The summed E-state index contributed by atoms with van der Waals surface area (Å²) in [6, 6.07) is 0. The molecule has 0 aromatic carbocycles. The van der Waals surface area contributed by atoms with Crippen LogP contribution in [0.25, 0.3) is 0 Å². The monoisotopic (exact) mass is 239 g/mol. The minimum Gasteiger partial charge on any atom is -0.395 e. The zero-order valence-electron chi connectivity index (χ0n) is 11.0. The van der Waals surface area contributed by atoms with Crippen molar-refractivity contribution in [2.75, 3.05) is 6.61 Å². The number of hydrogen-bond acceptors (Lipinski definition) is 4. The van der Waals surface area contributed by atoms with E-state index in [1.165, 1.54) is 0 Å². The Bertz CT molecular complexity index is 336. The molecule has 0 aromatic heterocycles. The molecule has 3 atom stereocenters. The molecule has 1 aliphatic rings. The zero-order chi connectivity index (χ0) is 13.0. The number of oxime groups is 1. The molecule has 1 rings (SSSR count). The largest absolute Gasteiger partial charge is 0.395 e. The molecule has 1 aliphatic heterocycles. The maximum atomic E-state index is 12.1. The Morgan fingerprint density at radius 3 is 2.41 bits per heavy atom. The van der Waals surface area contributed by atoms with Gasteiger partial charge in [0.25, 0.3) is 0 Å². The highest BCUT2D eigenvalue weighted by molar-refractivity contribution is 6.05. The fourth-order valence-corrected chi connectivity index (χ4v) is 2.02. The predicted molar refractivity (Wildman–Crippen MR) is 65.8 cm³/mol. The molecule has 0 aromatic rings. The van der Waals surface area contributed by atoms with E-state index in [4.69, 9.17) is 4.84 Å². The summed E-state index contributed by atoms with van der Waals surface area (Å²) < 4.78 is 0. The maximum absolute atomic E-state index is 12.1. The summed E-state index contributed by atoms with van der Waals surface area (Å²) in [5.41, 5.74) is 0.831. The molecule has 0 spiro atoms. The van der Waals surface area contributed by atoms with E-state index in [1.807, 2.05) is 20.8 Å². The number of ketones is 2. The Labute approximate surface area is 102 Å². The number of hydrogen-bond donors (Lipinski definition) is 0. The van der Waals surface area contributed by atoms with Crippen molar-refractivity contribution in [1.82, 2.24) is 0 Å². The van der Waals surface area contributed by atoms with E-state index >= 15 is 0 Å². The van der Waals surface area contributed by atoms with Crippen molar-refractivity contribution in [2.45, 2.75) is 40.5 Å². The van der Waals surface area contributed by atoms with E-state index in [0.29, 0.717) is 13.0 Å². The van der Waals surface area contributed by atoms with Gasteiger partial charge in [-0.2, -0.15) is 0 Å². The van der Waals surface area contributed by atoms with E-state index in [2.05, 4.69) is 5.16 Å². The quantitative estimate of drug-likeness (QED) is 0.714. The minimum atomic E-state index is -0.188. The number of carbonyl (C=O) groups excluding carboxylic acids is 2. The molecule has 0 saturated heterocycles. The van der Waals surface area contributed by atoms with Crippen molar-refractivity contribution in [1.29, 1.82) is 0 Å². The highest BCUT2D eigenvalue weighted by atomic mass is 16.6. The third-order valence-corrected chi connectivity index (χ3v) is 3.44. The third kappa shape index (κ3) is 3.65. The van der Waals surface area contributed by atoms with Gasteiger partial charge in [0, 0.05) is 18.3 Å².